The Balaban J connectivity index is 2.05. The fourth-order valence-electron chi connectivity index (χ4n) is 3.83. The molecule has 1 fully saturated rings. The van der Waals surface area contributed by atoms with Crippen LogP contribution in [0.4, 0.5) is 0 Å². The predicted molar refractivity (Wildman–Crippen MR) is 80.4 cm³/mol. The molecule has 4 rings (SSSR count). The Hall–Kier alpha value is -1.82. The molecular formula is C19H18. The average Bonchev–Trinajstić information content (AvgIpc) is 2.49. The molecule has 19 heavy (non-hydrogen) atoms. The van der Waals surface area contributed by atoms with Crippen LogP contribution in [-0.2, 0) is 0 Å². The number of benzene rings is 2. The smallest absolute Gasteiger partial charge is 0.00865 e. The van der Waals surface area contributed by atoms with Crippen LogP contribution in [0.5, 0.6) is 0 Å². The van der Waals surface area contributed by atoms with E-state index < -0.39 is 0 Å². The summed E-state index contributed by atoms with van der Waals surface area (Å²) >= 11 is 0. The van der Waals surface area contributed by atoms with Crippen molar-refractivity contribution in [2.75, 3.05) is 0 Å². The first-order chi connectivity index (χ1) is 9.40. The lowest BCUT2D eigenvalue weighted by Gasteiger charge is -2.37. The molecule has 2 aliphatic rings. The summed E-state index contributed by atoms with van der Waals surface area (Å²) in [6.07, 6.45) is 4.96. The van der Waals surface area contributed by atoms with Crippen molar-refractivity contribution in [2.45, 2.75) is 31.6 Å². The Kier molecular flexibility index (Phi) is 2.38. The van der Waals surface area contributed by atoms with E-state index in [1.54, 1.807) is 11.1 Å². The minimum absolute atomic E-state index is 0.731. The van der Waals surface area contributed by atoms with Crippen molar-refractivity contribution in [2.24, 2.45) is 0 Å². The lowest BCUT2D eigenvalue weighted by molar-refractivity contribution is 0.347. The summed E-state index contributed by atoms with van der Waals surface area (Å²) in [7, 11) is 0. The van der Waals surface area contributed by atoms with Crippen molar-refractivity contribution in [3.63, 3.8) is 0 Å². The molecule has 0 bridgehead atoms. The molecule has 2 unspecified atom stereocenters. The van der Waals surface area contributed by atoms with Crippen LogP contribution in [0.15, 0.2) is 54.6 Å². The molecule has 0 aliphatic heterocycles. The fourth-order valence-corrected chi connectivity index (χ4v) is 3.83. The molecular weight excluding hydrogens is 228 g/mol. The molecule has 94 valence electrons. The summed E-state index contributed by atoms with van der Waals surface area (Å²) in [5, 5.41) is 0. The molecule has 2 aromatic carbocycles. The molecule has 1 saturated carbocycles. The predicted octanol–water partition coefficient (Wildman–Crippen LogP) is 5.11. The highest BCUT2D eigenvalue weighted by Gasteiger charge is 2.38. The third kappa shape index (κ3) is 1.46. The number of allylic oxidation sites excluding steroid dienone is 1. The van der Waals surface area contributed by atoms with Crippen molar-refractivity contribution in [1.82, 2.24) is 0 Å². The normalized spacial score (nSPS) is 23.5. The van der Waals surface area contributed by atoms with Crippen LogP contribution >= 0.6 is 0 Å². The Labute approximate surface area is 114 Å². The molecule has 2 aromatic rings. The summed E-state index contributed by atoms with van der Waals surface area (Å²) in [6, 6.07) is 18.0. The van der Waals surface area contributed by atoms with Crippen molar-refractivity contribution < 1.29 is 0 Å². The van der Waals surface area contributed by atoms with E-state index in [1.165, 1.54) is 29.5 Å². The van der Waals surface area contributed by atoms with E-state index in [4.69, 9.17) is 0 Å². The second kappa shape index (κ2) is 4.09. The fraction of sp³-hybridized carbons (Fsp3) is 0.263. The lowest BCUT2D eigenvalue weighted by Crippen LogP contribution is -2.21. The Morgan fingerprint density at radius 2 is 1.26 bits per heavy atom. The first-order valence-electron chi connectivity index (χ1n) is 7.25. The van der Waals surface area contributed by atoms with E-state index >= 15 is 0 Å². The second-order valence-corrected chi connectivity index (χ2v) is 5.67. The van der Waals surface area contributed by atoms with Gasteiger partial charge in [0, 0.05) is 0 Å². The zero-order chi connectivity index (χ0) is 12.8. The van der Waals surface area contributed by atoms with Crippen LogP contribution in [0.25, 0.3) is 5.57 Å². The van der Waals surface area contributed by atoms with E-state index in [0.717, 1.165) is 11.8 Å². The zero-order valence-electron chi connectivity index (χ0n) is 11.3. The van der Waals surface area contributed by atoms with Crippen LogP contribution in [-0.4, -0.2) is 0 Å². The van der Waals surface area contributed by atoms with Gasteiger partial charge in [-0.05, 0) is 59.4 Å². The number of rotatable bonds is 0. The standard InChI is InChI=1S/C19H18/c1-2-13-14-7-3-5-9-16(14)18-11-12-19(18)17-10-6-4-8-15(13)17/h2-10,18-19H,11-12H2,1H3. The van der Waals surface area contributed by atoms with E-state index in [-0.39, 0.29) is 0 Å². The van der Waals surface area contributed by atoms with E-state index in [1.807, 2.05) is 0 Å². The van der Waals surface area contributed by atoms with Crippen LogP contribution in [0, 0.1) is 0 Å². The van der Waals surface area contributed by atoms with E-state index in [2.05, 4.69) is 61.5 Å². The third-order valence-electron chi connectivity index (χ3n) is 4.86. The van der Waals surface area contributed by atoms with Gasteiger partial charge in [0.15, 0.2) is 0 Å². The van der Waals surface area contributed by atoms with Crippen molar-refractivity contribution in [3.8, 4) is 0 Å². The minimum atomic E-state index is 0.731. The maximum Gasteiger partial charge on any atom is -0.00865 e. The first-order valence-corrected chi connectivity index (χ1v) is 7.25. The molecule has 2 atom stereocenters. The van der Waals surface area contributed by atoms with Gasteiger partial charge in [-0.15, -0.1) is 0 Å². The molecule has 2 aliphatic carbocycles. The van der Waals surface area contributed by atoms with Crippen LogP contribution < -0.4 is 0 Å². The Morgan fingerprint density at radius 1 is 0.789 bits per heavy atom. The van der Waals surface area contributed by atoms with Gasteiger partial charge in [0.25, 0.3) is 0 Å². The number of hydrogen-bond donors (Lipinski definition) is 0. The van der Waals surface area contributed by atoms with Crippen LogP contribution in [0.3, 0.4) is 0 Å². The van der Waals surface area contributed by atoms with Gasteiger partial charge in [-0.1, -0.05) is 54.6 Å². The molecule has 0 saturated heterocycles. The highest BCUT2D eigenvalue weighted by Crippen LogP contribution is 2.55. The summed E-state index contributed by atoms with van der Waals surface area (Å²) < 4.78 is 0. The summed E-state index contributed by atoms with van der Waals surface area (Å²) in [6.45, 7) is 2.16. The number of fused-ring (bicyclic) bond motifs is 5. The molecule has 0 spiro atoms. The SMILES string of the molecule is CC=C1c2ccccc2C2CCC2c2ccccc21. The highest BCUT2D eigenvalue weighted by molar-refractivity contribution is 5.84. The average molecular weight is 246 g/mol. The van der Waals surface area contributed by atoms with Gasteiger partial charge in [0.2, 0.25) is 0 Å². The highest BCUT2D eigenvalue weighted by atomic mass is 14.4. The molecule has 0 heteroatoms. The molecule has 0 amide bonds. The lowest BCUT2D eigenvalue weighted by atomic mass is 9.67. The van der Waals surface area contributed by atoms with Gasteiger partial charge in [0.05, 0.1) is 0 Å². The summed E-state index contributed by atoms with van der Waals surface area (Å²) in [4.78, 5) is 0. The summed E-state index contributed by atoms with van der Waals surface area (Å²) in [5.74, 6) is 1.46. The van der Waals surface area contributed by atoms with Crippen molar-refractivity contribution >= 4 is 5.57 Å². The largest absolute Gasteiger partial charge is 0.0792 e. The maximum absolute atomic E-state index is 2.33. The molecule has 0 aromatic heterocycles. The third-order valence-corrected chi connectivity index (χ3v) is 4.86. The van der Waals surface area contributed by atoms with Gasteiger partial charge >= 0.3 is 0 Å². The quantitative estimate of drug-likeness (QED) is 0.605. The monoisotopic (exact) mass is 246 g/mol. The minimum Gasteiger partial charge on any atom is -0.0792 e. The zero-order valence-corrected chi connectivity index (χ0v) is 11.3. The first kappa shape index (κ1) is 11.0. The van der Waals surface area contributed by atoms with Gasteiger partial charge < -0.3 is 0 Å². The Morgan fingerprint density at radius 3 is 1.68 bits per heavy atom. The van der Waals surface area contributed by atoms with Gasteiger partial charge in [-0.3, -0.25) is 0 Å². The topological polar surface area (TPSA) is 0 Å². The van der Waals surface area contributed by atoms with E-state index in [9.17, 15) is 0 Å². The van der Waals surface area contributed by atoms with Gasteiger partial charge in [-0.2, -0.15) is 0 Å². The molecule has 0 heterocycles. The van der Waals surface area contributed by atoms with E-state index in [0.29, 0.717) is 0 Å². The Bertz CT molecular complexity index is 608. The van der Waals surface area contributed by atoms with Gasteiger partial charge in [0.1, 0.15) is 0 Å². The molecule has 0 nitrogen and oxygen atoms in total. The van der Waals surface area contributed by atoms with Gasteiger partial charge in [-0.25, -0.2) is 0 Å². The molecule has 0 radical (unpaired) electrons. The van der Waals surface area contributed by atoms with Crippen molar-refractivity contribution in [3.05, 3.63) is 76.9 Å². The summed E-state index contributed by atoms with van der Waals surface area (Å²) in [5.41, 5.74) is 7.43. The second-order valence-electron chi connectivity index (χ2n) is 5.67. The number of hydrogen-bond acceptors (Lipinski definition) is 0. The van der Waals surface area contributed by atoms with Crippen molar-refractivity contribution in [1.29, 1.82) is 0 Å². The van der Waals surface area contributed by atoms with Crippen LogP contribution in [0.1, 0.15) is 53.9 Å². The van der Waals surface area contributed by atoms with Crippen LogP contribution in [0.2, 0.25) is 0 Å². The molecule has 0 N–H and O–H groups in total. The maximum atomic E-state index is 2.33.